The Morgan fingerprint density at radius 3 is 2.56 bits per heavy atom. The van der Waals surface area contributed by atoms with Crippen LogP contribution in [-0.4, -0.2) is 22.9 Å². The first-order chi connectivity index (χ1) is 11.9. The largest absolute Gasteiger partial charge is 0.471 e. The van der Waals surface area contributed by atoms with Gasteiger partial charge in [-0.3, -0.25) is 5.32 Å². The van der Waals surface area contributed by atoms with Gasteiger partial charge in [0.15, 0.2) is 6.23 Å². The molecule has 132 valence electrons. The summed E-state index contributed by atoms with van der Waals surface area (Å²) in [4.78, 5) is 15.3. The lowest BCUT2D eigenvalue weighted by Crippen LogP contribution is -2.41. The summed E-state index contributed by atoms with van der Waals surface area (Å²) in [7, 11) is 0. The highest BCUT2D eigenvalue weighted by Crippen LogP contribution is 2.28. The van der Waals surface area contributed by atoms with Crippen molar-refractivity contribution in [2.24, 2.45) is 0 Å². The molecule has 1 aromatic heterocycles. The number of alkyl carbamates (subject to hydrolysis) is 1. The second kappa shape index (κ2) is 6.67. The third kappa shape index (κ3) is 4.05. The molecular weight excluding hydrogens is 316 g/mol. The van der Waals surface area contributed by atoms with Crippen molar-refractivity contribution < 1.29 is 14.3 Å². The number of para-hydroxylation sites is 1. The van der Waals surface area contributed by atoms with Crippen molar-refractivity contribution in [2.45, 2.75) is 45.9 Å². The van der Waals surface area contributed by atoms with Crippen molar-refractivity contribution in [3.05, 3.63) is 42.5 Å². The van der Waals surface area contributed by atoms with Crippen LogP contribution in [0.25, 0.3) is 21.8 Å². The Morgan fingerprint density at radius 2 is 1.84 bits per heavy atom. The third-order valence-electron chi connectivity index (χ3n) is 3.80. The van der Waals surface area contributed by atoms with E-state index in [1.807, 2.05) is 58.0 Å². The number of aromatic amines is 1. The molecule has 0 unspecified atom stereocenters. The fraction of sp³-hybridized carbons (Fsp3) is 0.350. The van der Waals surface area contributed by atoms with Crippen LogP contribution in [-0.2, 0) is 4.74 Å². The van der Waals surface area contributed by atoms with Gasteiger partial charge in [-0.15, -0.1) is 0 Å². The Bertz CT molecular complexity index is 893. The highest BCUT2D eigenvalue weighted by molar-refractivity contribution is 6.07. The van der Waals surface area contributed by atoms with Crippen molar-refractivity contribution in [3.8, 4) is 5.75 Å². The standard InChI is InChI=1S/C20H24N2O3/c1-5-18(22-19(23)25-20(2,3)4)24-13-10-11-15-14-8-6-7-9-16(14)21-17(15)12-13/h6-12,18,21H,5H2,1-4H3,(H,22,23)/t18-/m1/s1. The van der Waals surface area contributed by atoms with E-state index < -0.39 is 17.9 Å². The third-order valence-corrected chi connectivity index (χ3v) is 3.80. The lowest BCUT2D eigenvalue weighted by Gasteiger charge is -2.23. The highest BCUT2D eigenvalue weighted by Gasteiger charge is 2.19. The summed E-state index contributed by atoms with van der Waals surface area (Å²) >= 11 is 0. The normalized spacial score (nSPS) is 13.0. The van der Waals surface area contributed by atoms with Crippen LogP contribution in [0, 0.1) is 0 Å². The van der Waals surface area contributed by atoms with Crippen molar-refractivity contribution >= 4 is 27.9 Å². The number of hydrogen-bond donors (Lipinski definition) is 2. The van der Waals surface area contributed by atoms with Crippen molar-refractivity contribution in [1.82, 2.24) is 10.3 Å². The predicted molar refractivity (Wildman–Crippen MR) is 99.9 cm³/mol. The van der Waals surface area contributed by atoms with Gasteiger partial charge < -0.3 is 14.5 Å². The van der Waals surface area contributed by atoms with Crippen molar-refractivity contribution in [1.29, 1.82) is 0 Å². The average Bonchev–Trinajstić information content (AvgIpc) is 2.90. The molecule has 25 heavy (non-hydrogen) atoms. The molecule has 0 spiro atoms. The molecule has 0 saturated carbocycles. The van der Waals surface area contributed by atoms with Gasteiger partial charge in [0.1, 0.15) is 11.4 Å². The molecule has 0 saturated heterocycles. The lowest BCUT2D eigenvalue weighted by molar-refractivity contribution is 0.0389. The fourth-order valence-corrected chi connectivity index (χ4v) is 2.73. The Morgan fingerprint density at radius 1 is 1.12 bits per heavy atom. The number of amides is 1. The molecule has 3 rings (SSSR count). The van der Waals surface area contributed by atoms with E-state index in [0.29, 0.717) is 12.2 Å². The number of H-pyrrole nitrogens is 1. The van der Waals surface area contributed by atoms with E-state index in [4.69, 9.17) is 9.47 Å². The van der Waals surface area contributed by atoms with Gasteiger partial charge in [0.05, 0.1) is 5.52 Å². The maximum atomic E-state index is 11.9. The smallest absolute Gasteiger partial charge is 0.410 e. The average molecular weight is 340 g/mol. The molecule has 0 fully saturated rings. The van der Waals surface area contributed by atoms with Crippen LogP contribution >= 0.6 is 0 Å². The minimum atomic E-state index is -0.536. The van der Waals surface area contributed by atoms with Gasteiger partial charge in [-0.05, 0) is 39.0 Å². The summed E-state index contributed by atoms with van der Waals surface area (Å²) in [5, 5.41) is 5.09. The molecule has 0 aliphatic carbocycles. The number of fused-ring (bicyclic) bond motifs is 3. The van der Waals surface area contributed by atoms with E-state index in [1.165, 1.54) is 5.39 Å². The van der Waals surface area contributed by atoms with Crippen LogP contribution in [0.2, 0.25) is 0 Å². The SMILES string of the molecule is CC[C@H](NC(=O)OC(C)(C)C)Oc1ccc2c(c1)[nH]c1ccccc12. The Hall–Kier alpha value is -2.69. The van der Waals surface area contributed by atoms with Gasteiger partial charge in [-0.1, -0.05) is 25.1 Å². The maximum Gasteiger partial charge on any atom is 0.410 e. The van der Waals surface area contributed by atoms with Gasteiger partial charge in [0.25, 0.3) is 0 Å². The molecule has 3 aromatic rings. The molecule has 0 aliphatic heterocycles. The Balaban J connectivity index is 1.76. The highest BCUT2D eigenvalue weighted by atomic mass is 16.6. The number of nitrogens with one attached hydrogen (secondary N) is 2. The van der Waals surface area contributed by atoms with E-state index in [-0.39, 0.29) is 0 Å². The van der Waals surface area contributed by atoms with Crippen molar-refractivity contribution in [3.63, 3.8) is 0 Å². The zero-order valence-electron chi connectivity index (χ0n) is 15.1. The summed E-state index contributed by atoms with van der Waals surface area (Å²) in [5.74, 6) is 0.696. The number of benzene rings is 2. The van der Waals surface area contributed by atoms with Crippen LogP contribution in [0.1, 0.15) is 34.1 Å². The van der Waals surface area contributed by atoms with E-state index in [1.54, 1.807) is 0 Å². The molecule has 0 aliphatic rings. The predicted octanol–water partition coefficient (Wildman–Crippen LogP) is 4.96. The first-order valence-corrected chi connectivity index (χ1v) is 8.52. The number of aromatic nitrogens is 1. The molecule has 5 nitrogen and oxygen atoms in total. The van der Waals surface area contributed by atoms with Gasteiger partial charge in [-0.25, -0.2) is 4.79 Å². The lowest BCUT2D eigenvalue weighted by atomic mass is 10.1. The zero-order chi connectivity index (χ0) is 18.0. The Kier molecular flexibility index (Phi) is 4.57. The first-order valence-electron chi connectivity index (χ1n) is 8.52. The molecular formula is C20H24N2O3. The van der Waals surface area contributed by atoms with Crippen LogP contribution in [0.5, 0.6) is 5.75 Å². The fourth-order valence-electron chi connectivity index (χ4n) is 2.73. The van der Waals surface area contributed by atoms with Gasteiger partial charge in [0, 0.05) is 28.8 Å². The quantitative estimate of drug-likeness (QED) is 0.660. The number of rotatable bonds is 4. The van der Waals surface area contributed by atoms with E-state index in [2.05, 4.69) is 22.4 Å². The maximum absolute atomic E-state index is 11.9. The number of carbonyl (C=O) groups is 1. The van der Waals surface area contributed by atoms with Crippen LogP contribution < -0.4 is 10.1 Å². The minimum Gasteiger partial charge on any atom is -0.471 e. The van der Waals surface area contributed by atoms with E-state index in [9.17, 15) is 4.79 Å². The second-order valence-corrected chi connectivity index (χ2v) is 7.04. The molecule has 2 aromatic carbocycles. The summed E-state index contributed by atoms with van der Waals surface area (Å²) in [5.41, 5.74) is 1.56. The monoisotopic (exact) mass is 340 g/mol. The van der Waals surface area contributed by atoms with E-state index in [0.717, 1.165) is 16.4 Å². The summed E-state index contributed by atoms with van der Waals surface area (Å²) in [6.45, 7) is 7.44. The molecule has 0 bridgehead atoms. The topological polar surface area (TPSA) is 63.4 Å². The molecule has 1 atom stereocenters. The van der Waals surface area contributed by atoms with Gasteiger partial charge >= 0.3 is 6.09 Å². The molecule has 2 N–H and O–H groups in total. The summed E-state index contributed by atoms with van der Waals surface area (Å²) in [6, 6.07) is 14.1. The number of carbonyl (C=O) groups excluding carboxylic acids is 1. The van der Waals surface area contributed by atoms with Crippen molar-refractivity contribution in [2.75, 3.05) is 0 Å². The number of hydrogen-bond acceptors (Lipinski definition) is 3. The molecule has 1 heterocycles. The molecule has 5 heteroatoms. The summed E-state index contributed by atoms with van der Waals surface area (Å²) < 4.78 is 11.2. The Labute approximate surface area is 147 Å². The second-order valence-electron chi connectivity index (χ2n) is 7.04. The van der Waals surface area contributed by atoms with Gasteiger partial charge in [0.2, 0.25) is 0 Å². The number of ether oxygens (including phenoxy) is 2. The summed E-state index contributed by atoms with van der Waals surface area (Å²) in [6.07, 6.45) is -0.299. The van der Waals surface area contributed by atoms with Crippen LogP contribution in [0.15, 0.2) is 42.5 Å². The first kappa shape index (κ1) is 17.1. The van der Waals surface area contributed by atoms with Crippen LogP contribution in [0.4, 0.5) is 4.79 Å². The van der Waals surface area contributed by atoms with Gasteiger partial charge in [-0.2, -0.15) is 0 Å². The minimum absolute atomic E-state index is 0.448. The molecule has 1 amide bonds. The van der Waals surface area contributed by atoms with Crippen LogP contribution in [0.3, 0.4) is 0 Å². The molecule has 0 radical (unpaired) electrons. The zero-order valence-corrected chi connectivity index (χ0v) is 15.1. The van der Waals surface area contributed by atoms with E-state index >= 15 is 0 Å².